The van der Waals surface area contributed by atoms with Gasteiger partial charge in [-0.1, -0.05) is 40.5 Å². The monoisotopic (exact) mass is 724 g/mol. The molecule has 2 unspecified atom stereocenters. The van der Waals surface area contributed by atoms with E-state index in [1.165, 1.54) is 71.0 Å². The van der Waals surface area contributed by atoms with E-state index < -0.39 is 0 Å². The van der Waals surface area contributed by atoms with Gasteiger partial charge in [0.25, 0.3) is 0 Å². The summed E-state index contributed by atoms with van der Waals surface area (Å²) in [5.74, 6) is 0.178. The second-order valence-corrected chi connectivity index (χ2v) is 18.0. The lowest BCUT2D eigenvalue weighted by Gasteiger charge is -2.07. The molecule has 6 heterocycles. The van der Waals surface area contributed by atoms with Crippen LogP contribution in [-0.2, 0) is 19.1 Å². The predicted molar refractivity (Wildman–Crippen MR) is 205 cm³/mol. The van der Waals surface area contributed by atoms with Gasteiger partial charge in [0.15, 0.2) is 0 Å². The Labute approximate surface area is 293 Å². The van der Waals surface area contributed by atoms with Crippen LogP contribution in [0.5, 0.6) is 0 Å². The molecule has 6 rings (SSSR count). The molecule has 46 heavy (non-hydrogen) atoms. The molecular weight excluding hydrogens is 689 g/mol. The summed E-state index contributed by atoms with van der Waals surface area (Å²) < 4.78 is 19.0. The van der Waals surface area contributed by atoms with Gasteiger partial charge >= 0.3 is 11.9 Å². The van der Waals surface area contributed by atoms with Crippen LogP contribution < -0.4 is 0 Å². The number of esters is 2. The maximum atomic E-state index is 12.1. The molecule has 10 heteroatoms. The number of ether oxygens (including phenoxy) is 2. The smallest absolute Gasteiger partial charge is 0.330 e. The Balaban J connectivity index is 1.21. The van der Waals surface area contributed by atoms with Crippen LogP contribution in [0, 0.1) is 25.7 Å². The standard InChI is InChI=1S/C36H36O4S6/c1-7-19(3)17-39-27(37)15-11-23-9-13-25(41-23)29-21(5)31-33(43-29)35-36(45-31)34-32(46-35)22(6)30(44-34)26-14-10-24(42-26)12-16-28(38)40-18-20(4)8-2/h9-16,19-20H,7-8,17-18H2,1-6H3/b15-11+,16-12+. The van der Waals surface area contributed by atoms with Crippen LogP contribution >= 0.6 is 68.0 Å². The van der Waals surface area contributed by atoms with Crippen LogP contribution in [0.3, 0.4) is 0 Å². The first-order valence-corrected chi connectivity index (χ1v) is 20.3. The Bertz CT molecular complexity index is 1940. The van der Waals surface area contributed by atoms with Crippen LogP contribution in [0.25, 0.3) is 59.9 Å². The molecule has 0 aliphatic carbocycles. The highest BCUT2D eigenvalue weighted by atomic mass is 32.1. The molecule has 0 aliphatic rings. The van der Waals surface area contributed by atoms with E-state index in [1.807, 2.05) is 57.5 Å². The Morgan fingerprint density at radius 3 is 1.39 bits per heavy atom. The van der Waals surface area contributed by atoms with Crippen molar-refractivity contribution in [3.05, 3.63) is 57.3 Å². The fourth-order valence-corrected chi connectivity index (χ4v) is 13.0. The Morgan fingerprint density at radius 2 is 1.00 bits per heavy atom. The van der Waals surface area contributed by atoms with Gasteiger partial charge in [-0.05, 0) is 73.2 Å². The highest BCUT2D eigenvalue weighted by Gasteiger charge is 2.23. The lowest BCUT2D eigenvalue weighted by molar-refractivity contribution is -0.139. The molecule has 0 amide bonds. The van der Waals surface area contributed by atoms with Crippen molar-refractivity contribution in [1.82, 2.24) is 0 Å². The highest BCUT2D eigenvalue weighted by molar-refractivity contribution is 7.46. The minimum Gasteiger partial charge on any atom is -0.462 e. The molecule has 6 aromatic rings. The number of hydrogen-bond acceptors (Lipinski definition) is 10. The summed E-state index contributed by atoms with van der Waals surface area (Å²) in [6, 6.07) is 8.49. The van der Waals surface area contributed by atoms with Gasteiger partial charge in [-0.25, -0.2) is 9.59 Å². The molecule has 240 valence electrons. The Morgan fingerprint density at radius 1 is 0.609 bits per heavy atom. The number of carbonyl (C=O) groups is 2. The lowest BCUT2D eigenvalue weighted by atomic mass is 10.1. The van der Waals surface area contributed by atoms with E-state index >= 15 is 0 Å². The van der Waals surface area contributed by atoms with E-state index in [1.54, 1.807) is 22.7 Å². The second-order valence-electron chi connectivity index (χ2n) is 11.6. The summed E-state index contributed by atoms with van der Waals surface area (Å²) in [6.45, 7) is 13.8. The maximum absolute atomic E-state index is 12.1. The van der Waals surface area contributed by atoms with Crippen LogP contribution in [0.15, 0.2) is 36.4 Å². The van der Waals surface area contributed by atoms with E-state index in [0.717, 1.165) is 22.6 Å². The molecule has 0 bridgehead atoms. The first kappa shape index (κ1) is 33.3. The molecule has 0 fully saturated rings. The molecule has 0 aromatic carbocycles. The molecule has 0 N–H and O–H groups in total. The number of fused-ring (bicyclic) bond motifs is 5. The van der Waals surface area contributed by atoms with Gasteiger partial charge in [0.05, 0.1) is 41.4 Å². The van der Waals surface area contributed by atoms with Gasteiger partial charge < -0.3 is 9.47 Å². The highest BCUT2D eigenvalue weighted by Crippen LogP contribution is 2.55. The van der Waals surface area contributed by atoms with Crippen molar-refractivity contribution in [2.45, 2.75) is 54.4 Å². The van der Waals surface area contributed by atoms with E-state index in [4.69, 9.17) is 9.47 Å². The largest absolute Gasteiger partial charge is 0.462 e. The van der Waals surface area contributed by atoms with Gasteiger partial charge in [0.2, 0.25) is 0 Å². The summed E-state index contributed by atoms with van der Waals surface area (Å²) in [5, 5.41) is 0. The third-order valence-corrected chi connectivity index (χ3v) is 16.5. The van der Waals surface area contributed by atoms with Crippen molar-refractivity contribution in [1.29, 1.82) is 0 Å². The van der Waals surface area contributed by atoms with Crippen LogP contribution in [0.4, 0.5) is 0 Å². The van der Waals surface area contributed by atoms with Crippen LogP contribution in [-0.4, -0.2) is 25.2 Å². The fourth-order valence-electron chi connectivity index (χ4n) is 4.82. The fraction of sp³-hybridized carbons (Fsp3) is 0.333. The first-order chi connectivity index (χ1) is 22.2. The lowest BCUT2D eigenvalue weighted by Crippen LogP contribution is -2.08. The number of hydrogen-bond donors (Lipinski definition) is 0. The summed E-state index contributed by atoms with van der Waals surface area (Å²) in [6.07, 6.45) is 8.79. The molecule has 0 radical (unpaired) electrons. The molecule has 0 aliphatic heterocycles. The predicted octanol–water partition coefficient (Wildman–Crippen LogP) is 12.7. The van der Waals surface area contributed by atoms with Crippen molar-refractivity contribution in [2.24, 2.45) is 11.8 Å². The van der Waals surface area contributed by atoms with E-state index in [9.17, 15) is 9.59 Å². The van der Waals surface area contributed by atoms with Crippen LogP contribution in [0.1, 0.15) is 61.4 Å². The van der Waals surface area contributed by atoms with E-state index in [2.05, 4.69) is 65.8 Å². The zero-order valence-corrected chi connectivity index (χ0v) is 31.6. The van der Waals surface area contributed by atoms with Gasteiger partial charge in [-0.3, -0.25) is 0 Å². The number of carbonyl (C=O) groups excluding carboxylic acids is 2. The van der Waals surface area contributed by atoms with Crippen molar-refractivity contribution >= 4 is 120 Å². The zero-order chi connectivity index (χ0) is 32.5. The van der Waals surface area contributed by atoms with Crippen LogP contribution in [0.2, 0.25) is 0 Å². The van der Waals surface area contributed by atoms with Gasteiger partial charge in [0.1, 0.15) is 0 Å². The minimum atomic E-state index is -0.285. The van der Waals surface area contributed by atoms with Crippen molar-refractivity contribution < 1.29 is 19.1 Å². The molecule has 4 nitrogen and oxygen atoms in total. The quantitative estimate of drug-likeness (QED) is 0.0931. The van der Waals surface area contributed by atoms with Crippen molar-refractivity contribution in [2.75, 3.05) is 13.2 Å². The third kappa shape index (κ3) is 6.84. The number of aryl methyl sites for hydroxylation is 2. The summed E-state index contributed by atoms with van der Waals surface area (Å²) >= 11 is 11.0. The minimum absolute atomic E-state index is 0.285. The van der Waals surface area contributed by atoms with E-state index in [0.29, 0.717) is 25.0 Å². The van der Waals surface area contributed by atoms with Gasteiger partial charge in [0, 0.05) is 41.4 Å². The van der Waals surface area contributed by atoms with Gasteiger partial charge in [-0.15, -0.1) is 68.0 Å². The number of thiophene rings is 6. The first-order valence-electron chi connectivity index (χ1n) is 15.4. The summed E-state index contributed by atoms with van der Waals surface area (Å²) in [5.41, 5.74) is 2.66. The molecule has 6 aromatic heterocycles. The topological polar surface area (TPSA) is 52.6 Å². The SMILES string of the molecule is CCC(C)COC(=O)/C=C/c1ccc(-c2sc3c(sc4c5sc(-c6ccc(/C=C/C(=O)OCC(C)CC)s6)c(C)c5sc34)c2C)s1. The molecular formula is C36H36O4S6. The Kier molecular flexibility index (Phi) is 10.3. The number of rotatable bonds is 12. The zero-order valence-electron chi connectivity index (χ0n) is 26.7. The van der Waals surface area contributed by atoms with Crippen molar-refractivity contribution in [3.8, 4) is 19.5 Å². The average Bonchev–Trinajstić information content (AvgIpc) is 3.89. The second kappa shape index (κ2) is 14.3. The summed E-state index contributed by atoms with van der Waals surface area (Å²) in [7, 11) is 0. The maximum Gasteiger partial charge on any atom is 0.330 e. The Hall–Kier alpha value is -2.60. The van der Waals surface area contributed by atoms with E-state index in [-0.39, 0.29) is 11.9 Å². The average molecular weight is 725 g/mol. The third-order valence-electron chi connectivity index (χ3n) is 8.09. The van der Waals surface area contributed by atoms with Crippen molar-refractivity contribution in [3.63, 3.8) is 0 Å². The normalized spacial score (nSPS) is 13.6. The molecule has 0 saturated carbocycles. The summed E-state index contributed by atoms with van der Waals surface area (Å²) in [4.78, 5) is 31.4. The molecule has 0 saturated heterocycles. The van der Waals surface area contributed by atoms with Gasteiger partial charge in [-0.2, -0.15) is 0 Å². The molecule has 0 spiro atoms. The molecule has 2 atom stereocenters.